The van der Waals surface area contributed by atoms with Crippen molar-refractivity contribution in [3.8, 4) is 0 Å². The molecule has 1 N–H and O–H groups in total. The number of ether oxygens (including phenoxy) is 1. The Morgan fingerprint density at radius 1 is 1.33 bits per heavy atom. The lowest BCUT2D eigenvalue weighted by molar-refractivity contribution is 0.161. The summed E-state index contributed by atoms with van der Waals surface area (Å²) < 4.78 is 5.53. The summed E-state index contributed by atoms with van der Waals surface area (Å²) in [7, 11) is 1.76. The Labute approximate surface area is 99.5 Å². The first-order chi connectivity index (χ1) is 6.89. The van der Waals surface area contributed by atoms with Gasteiger partial charge in [0.25, 0.3) is 0 Å². The zero-order valence-electron chi connectivity index (χ0n) is 11.1. The van der Waals surface area contributed by atoms with Gasteiger partial charge in [-0.2, -0.15) is 11.8 Å². The summed E-state index contributed by atoms with van der Waals surface area (Å²) >= 11 is 2.01. The summed E-state index contributed by atoms with van der Waals surface area (Å²) in [5, 5.41) is 3.59. The van der Waals surface area contributed by atoms with Crippen LogP contribution in [0.1, 0.15) is 41.0 Å². The highest BCUT2D eigenvalue weighted by molar-refractivity contribution is 8.00. The molecule has 0 bridgehead atoms. The topological polar surface area (TPSA) is 21.3 Å². The van der Waals surface area contributed by atoms with E-state index in [1.165, 1.54) is 0 Å². The number of hydrogen-bond donors (Lipinski definition) is 1. The van der Waals surface area contributed by atoms with E-state index < -0.39 is 0 Å². The summed E-state index contributed by atoms with van der Waals surface area (Å²) in [5.74, 6) is 1.16. The Balaban J connectivity index is 3.75. The van der Waals surface area contributed by atoms with Crippen LogP contribution >= 0.6 is 11.8 Å². The van der Waals surface area contributed by atoms with Gasteiger partial charge < -0.3 is 10.1 Å². The fourth-order valence-corrected chi connectivity index (χ4v) is 2.16. The van der Waals surface area contributed by atoms with Crippen molar-refractivity contribution in [2.45, 2.75) is 57.9 Å². The molecule has 0 amide bonds. The Morgan fingerprint density at radius 2 is 1.93 bits per heavy atom. The van der Waals surface area contributed by atoms with Crippen LogP contribution in [0, 0.1) is 0 Å². The van der Waals surface area contributed by atoms with Crippen molar-refractivity contribution in [2.24, 2.45) is 0 Å². The minimum Gasteiger partial charge on any atom is -0.383 e. The van der Waals surface area contributed by atoms with Gasteiger partial charge in [-0.05, 0) is 13.3 Å². The van der Waals surface area contributed by atoms with Crippen LogP contribution in [0.15, 0.2) is 0 Å². The SMILES string of the molecule is CCC(COC)NC(C)CSC(C)(C)C. The molecule has 2 nitrogen and oxygen atoms in total. The Bertz CT molecular complexity index is 156. The van der Waals surface area contributed by atoms with Gasteiger partial charge in [-0.1, -0.05) is 27.7 Å². The molecule has 0 rings (SSSR count). The second kappa shape index (κ2) is 7.53. The van der Waals surface area contributed by atoms with Crippen molar-refractivity contribution in [3.05, 3.63) is 0 Å². The van der Waals surface area contributed by atoms with Gasteiger partial charge in [0, 0.05) is 29.7 Å². The maximum Gasteiger partial charge on any atom is 0.0615 e. The molecular weight excluding hydrogens is 206 g/mol. The zero-order chi connectivity index (χ0) is 11.9. The first-order valence-electron chi connectivity index (χ1n) is 5.78. The van der Waals surface area contributed by atoms with E-state index in [4.69, 9.17) is 4.74 Å². The Morgan fingerprint density at radius 3 is 2.33 bits per heavy atom. The smallest absolute Gasteiger partial charge is 0.0615 e. The standard InChI is InChI=1S/C12H27NOS/c1-7-11(8-14-6)13-10(2)9-15-12(3,4)5/h10-11,13H,7-9H2,1-6H3. The van der Waals surface area contributed by atoms with Crippen LogP contribution in [-0.2, 0) is 4.74 Å². The summed E-state index contributed by atoms with van der Waals surface area (Å²) in [5.41, 5.74) is 0. The molecule has 0 saturated heterocycles. The molecule has 0 saturated carbocycles. The fourth-order valence-electron chi connectivity index (χ4n) is 1.31. The quantitative estimate of drug-likeness (QED) is 0.730. The molecule has 0 aliphatic carbocycles. The third kappa shape index (κ3) is 9.21. The predicted molar refractivity (Wildman–Crippen MR) is 70.8 cm³/mol. The van der Waals surface area contributed by atoms with Crippen LogP contribution in [0.2, 0.25) is 0 Å². The van der Waals surface area contributed by atoms with Crippen molar-refractivity contribution in [3.63, 3.8) is 0 Å². The number of rotatable bonds is 7. The van der Waals surface area contributed by atoms with Crippen LogP contribution in [0.4, 0.5) is 0 Å². The minimum atomic E-state index is 0.360. The van der Waals surface area contributed by atoms with E-state index in [0.717, 1.165) is 18.8 Å². The van der Waals surface area contributed by atoms with Gasteiger partial charge in [0.1, 0.15) is 0 Å². The van der Waals surface area contributed by atoms with E-state index in [0.29, 0.717) is 16.8 Å². The highest BCUT2D eigenvalue weighted by atomic mass is 32.2. The molecule has 15 heavy (non-hydrogen) atoms. The molecule has 0 aromatic heterocycles. The van der Waals surface area contributed by atoms with Gasteiger partial charge in [0.15, 0.2) is 0 Å². The minimum absolute atomic E-state index is 0.360. The number of nitrogens with one attached hydrogen (secondary N) is 1. The van der Waals surface area contributed by atoms with E-state index >= 15 is 0 Å². The van der Waals surface area contributed by atoms with Crippen molar-refractivity contribution >= 4 is 11.8 Å². The average Bonchev–Trinajstić information content (AvgIpc) is 2.13. The van der Waals surface area contributed by atoms with Gasteiger partial charge in [0.05, 0.1) is 6.61 Å². The van der Waals surface area contributed by atoms with Crippen LogP contribution in [0.3, 0.4) is 0 Å². The monoisotopic (exact) mass is 233 g/mol. The Hall–Kier alpha value is 0.270. The maximum atomic E-state index is 5.17. The van der Waals surface area contributed by atoms with Crippen molar-refractivity contribution in [1.82, 2.24) is 5.32 Å². The van der Waals surface area contributed by atoms with Crippen LogP contribution in [-0.4, -0.2) is 36.3 Å². The van der Waals surface area contributed by atoms with E-state index in [2.05, 4.69) is 39.9 Å². The van der Waals surface area contributed by atoms with E-state index in [-0.39, 0.29) is 0 Å². The molecule has 0 spiro atoms. The highest BCUT2D eigenvalue weighted by Crippen LogP contribution is 2.23. The fraction of sp³-hybridized carbons (Fsp3) is 1.00. The molecule has 0 aliphatic heterocycles. The molecule has 3 heteroatoms. The number of methoxy groups -OCH3 is 1. The van der Waals surface area contributed by atoms with E-state index in [1.807, 2.05) is 11.8 Å². The first kappa shape index (κ1) is 15.3. The van der Waals surface area contributed by atoms with Gasteiger partial charge in [-0.15, -0.1) is 0 Å². The Kier molecular flexibility index (Phi) is 7.66. The summed E-state index contributed by atoms with van der Waals surface area (Å²) in [6, 6.07) is 1.04. The first-order valence-corrected chi connectivity index (χ1v) is 6.76. The van der Waals surface area contributed by atoms with Gasteiger partial charge in [-0.25, -0.2) is 0 Å². The third-order valence-corrected chi connectivity index (χ3v) is 3.68. The summed E-state index contributed by atoms with van der Waals surface area (Å²) in [6.45, 7) is 12.0. The lowest BCUT2D eigenvalue weighted by Gasteiger charge is -2.25. The van der Waals surface area contributed by atoms with E-state index in [1.54, 1.807) is 7.11 Å². The molecule has 2 unspecified atom stereocenters. The molecule has 0 aromatic carbocycles. The zero-order valence-corrected chi connectivity index (χ0v) is 11.9. The van der Waals surface area contributed by atoms with E-state index in [9.17, 15) is 0 Å². The predicted octanol–water partition coefficient (Wildman–Crippen LogP) is 2.92. The molecule has 2 atom stereocenters. The third-order valence-electron chi connectivity index (χ3n) is 2.15. The number of thioether (sulfide) groups is 1. The normalized spacial score (nSPS) is 16.4. The molecule has 0 aliphatic rings. The van der Waals surface area contributed by atoms with Crippen molar-refractivity contribution in [1.29, 1.82) is 0 Å². The van der Waals surface area contributed by atoms with Gasteiger partial charge in [0.2, 0.25) is 0 Å². The van der Waals surface area contributed by atoms with Crippen molar-refractivity contribution < 1.29 is 4.74 Å². The highest BCUT2D eigenvalue weighted by Gasteiger charge is 2.15. The molecule has 0 radical (unpaired) electrons. The summed E-state index contributed by atoms with van der Waals surface area (Å²) in [6.07, 6.45) is 1.12. The molecule has 0 aromatic rings. The maximum absolute atomic E-state index is 5.17. The van der Waals surface area contributed by atoms with Crippen LogP contribution in [0.5, 0.6) is 0 Å². The largest absolute Gasteiger partial charge is 0.383 e. The van der Waals surface area contributed by atoms with Crippen molar-refractivity contribution in [2.75, 3.05) is 19.5 Å². The summed E-state index contributed by atoms with van der Waals surface area (Å²) in [4.78, 5) is 0. The van der Waals surface area contributed by atoms with Crippen LogP contribution in [0.25, 0.3) is 0 Å². The van der Waals surface area contributed by atoms with Gasteiger partial charge >= 0.3 is 0 Å². The number of hydrogen-bond acceptors (Lipinski definition) is 3. The second-order valence-electron chi connectivity index (χ2n) is 5.05. The molecular formula is C12H27NOS. The molecule has 0 heterocycles. The lowest BCUT2D eigenvalue weighted by atomic mass is 10.2. The molecule has 92 valence electrons. The lowest BCUT2D eigenvalue weighted by Crippen LogP contribution is -2.40. The molecule has 0 fully saturated rings. The second-order valence-corrected chi connectivity index (χ2v) is 6.90. The average molecular weight is 233 g/mol. The van der Waals surface area contributed by atoms with Crippen LogP contribution < -0.4 is 5.32 Å². The van der Waals surface area contributed by atoms with Gasteiger partial charge in [-0.3, -0.25) is 0 Å².